The zero-order valence-electron chi connectivity index (χ0n) is 36.7. The average molecular weight is 937 g/mol. The molecule has 0 aliphatic heterocycles. The van der Waals surface area contributed by atoms with Crippen molar-refractivity contribution in [2.45, 2.75) is 34.7 Å². The molecule has 0 atom stereocenters. The fourth-order valence-corrected chi connectivity index (χ4v) is 11.2. The van der Waals surface area contributed by atoms with Crippen LogP contribution in [0.1, 0.15) is 22.3 Å². The van der Waals surface area contributed by atoms with E-state index in [9.17, 15) is 61.3 Å². The smallest absolute Gasteiger partial charge is 0.298 e. The largest absolute Gasteiger partial charge is 0.342 e. The van der Waals surface area contributed by atoms with Crippen molar-refractivity contribution in [3.63, 3.8) is 0 Å². The van der Waals surface area contributed by atoms with Crippen LogP contribution in [0.3, 0.4) is 0 Å². The van der Waals surface area contributed by atoms with Gasteiger partial charge in [0.15, 0.2) is 10.8 Å². The first kappa shape index (κ1) is 45.1. The van der Waals surface area contributed by atoms with Crippen molar-refractivity contribution in [3.05, 3.63) is 216 Å². The van der Waals surface area contributed by atoms with E-state index in [2.05, 4.69) is 0 Å². The third kappa shape index (κ3) is 6.19. The Kier molecular flexibility index (Phi) is 10.0. The monoisotopic (exact) mass is 936 g/mol. The maximum Gasteiger partial charge on any atom is 0.298 e. The fourth-order valence-electron chi connectivity index (χ4n) is 11.2. The van der Waals surface area contributed by atoms with Gasteiger partial charge in [-0.2, -0.15) is 0 Å². The summed E-state index contributed by atoms with van der Waals surface area (Å²) >= 11 is 0. The summed E-state index contributed by atoms with van der Waals surface area (Å²) in [6, 6.07) is 54.5. The first-order valence-electron chi connectivity index (χ1n) is 22.1. The highest BCUT2D eigenvalue weighted by Crippen LogP contribution is 2.66. The molecule has 0 aromatic heterocycles. The van der Waals surface area contributed by atoms with Crippen LogP contribution in [0.15, 0.2) is 194 Å². The lowest BCUT2D eigenvalue weighted by Gasteiger charge is -2.45. The molecule has 9 aromatic rings. The van der Waals surface area contributed by atoms with Gasteiger partial charge >= 0.3 is 0 Å². The summed E-state index contributed by atoms with van der Waals surface area (Å²) in [7, 11) is 0. The number of benzene rings is 9. The second-order valence-electron chi connectivity index (χ2n) is 17.7. The molecule has 350 valence electrons. The van der Waals surface area contributed by atoms with Crippen LogP contribution in [0.25, 0.3) is 43.8 Å². The van der Waals surface area contributed by atoms with Gasteiger partial charge in [-0.05, 0) is 128 Å². The second kappa shape index (κ2) is 15.6. The third-order valence-corrected chi connectivity index (χ3v) is 13.9. The number of nitrogens with zero attached hydrogens (tertiary/aromatic N) is 2. The zero-order chi connectivity index (χ0) is 49.2. The number of hydrogen-bond acceptors (Lipinski definition) is 14. The Morgan fingerprint density at radius 2 is 0.514 bits per heavy atom. The van der Waals surface area contributed by atoms with Crippen LogP contribution in [0.4, 0.5) is 34.1 Å². The molecule has 0 bridgehead atoms. The molecule has 0 amide bonds. The van der Waals surface area contributed by atoms with E-state index in [-0.39, 0.29) is 33.0 Å². The highest BCUT2D eigenvalue weighted by atomic mass is 16.7. The maximum atomic E-state index is 11.8. The van der Waals surface area contributed by atoms with Gasteiger partial charge in [0.2, 0.25) is 0 Å². The predicted octanol–water partition coefficient (Wildman–Crippen LogP) is 5.99. The fraction of sp³-hybridized carbons (Fsp3) is 0.107. The van der Waals surface area contributed by atoms with Crippen molar-refractivity contribution in [1.29, 1.82) is 0 Å². The molecule has 14 heteroatoms. The maximum absolute atomic E-state index is 11.8. The van der Waals surface area contributed by atoms with Gasteiger partial charge in [0.25, 0.3) is 23.9 Å². The Balaban J connectivity index is 1.30. The summed E-state index contributed by atoms with van der Waals surface area (Å²) in [4.78, 5) is 3.60. The number of para-hydroxylation sites is 4. The lowest BCUT2D eigenvalue weighted by molar-refractivity contribution is -0.444. The molecule has 0 heterocycles. The van der Waals surface area contributed by atoms with E-state index in [1.165, 1.54) is 12.1 Å². The standard InChI is InChI=1S/C56H44N2O12/c59-53(60,61)51(54(62,63)64)43-30-42-44(29-41(43)49-39-27-15-13-25-37(39)47(31-45(49)51)57(33-17-5-1-6-18-33)34-19-7-2-8-20-34)52(55(65,66)67,56(68,69)70)46-32-48(38-26-14-16-28-40(38)50(42)46)58(35-21-9-3-10-22-35)36-23-11-4-12-24-36/h1-32,59-70H. The molecular formula is C56H44N2O12. The third-order valence-electron chi connectivity index (χ3n) is 13.9. The van der Waals surface area contributed by atoms with E-state index in [4.69, 9.17) is 0 Å². The van der Waals surface area contributed by atoms with Crippen molar-refractivity contribution < 1.29 is 61.3 Å². The lowest BCUT2D eigenvalue weighted by atomic mass is 9.70. The molecule has 0 unspecified atom stereocenters. The quantitative estimate of drug-likeness (QED) is 0.0705. The van der Waals surface area contributed by atoms with E-state index in [1.807, 2.05) is 72.8 Å². The molecule has 12 N–H and O–H groups in total. The molecular weight excluding hydrogens is 893 g/mol. The number of aliphatic hydroxyl groups is 12. The van der Waals surface area contributed by atoms with Gasteiger partial charge in [-0.25, -0.2) is 0 Å². The summed E-state index contributed by atoms with van der Waals surface area (Å²) in [6.07, 6.45) is 0. The van der Waals surface area contributed by atoms with Gasteiger partial charge in [-0.1, -0.05) is 121 Å². The predicted molar refractivity (Wildman–Crippen MR) is 261 cm³/mol. The van der Waals surface area contributed by atoms with Crippen LogP contribution in [0, 0.1) is 0 Å². The summed E-state index contributed by atoms with van der Waals surface area (Å²) in [5.41, 5.74) is -6.58. The number of rotatable bonds is 10. The summed E-state index contributed by atoms with van der Waals surface area (Å²) in [5, 5.41) is 143. The normalized spacial score (nSPS) is 14.8. The first-order valence-corrected chi connectivity index (χ1v) is 22.1. The van der Waals surface area contributed by atoms with Gasteiger partial charge in [0.1, 0.15) is 0 Å². The minimum atomic E-state index is -4.25. The Morgan fingerprint density at radius 1 is 0.271 bits per heavy atom. The highest BCUT2D eigenvalue weighted by Gasteiger charge is 2.72. The van der Waals surface area contributed by atoms with Gasteiger partial charge in [0, 0.05) is 33.5 Å². The van der Waals surface area contributed by atoms with E-state index >= 15 is 0 Å². The van der Waals surface area contributed by atoms with Crippen LogP contribution in [-0.2, 0) is 10.8 Å². The first-order chi connectivity index (χ1) is 33.3. The van der Waals surface area contributed by atoms with Crippen molar-refractivity contribution in [3.8, 4) is 22.3 Å². The number of hydrogen-bond donors (Lipinski definition) is 12. The zero-order valence-corrected chi connectivity index (χ0v) is 36.7. The Hall–Kier alpha value is -7.38. The molecule has 0 saturated carbocycles. The van der Waals surface area contributed by atoms with Crippen LogP contribution in [0.5, 0.6) is 0 Å². The van der Waals surface area contributed by atoms with Crippen LogP contribution in [0.2, 0.25) is 0 Å². The average Bonchev–Trinajstić information content (AvgIpc) is 3.81. The van der Waals surface area contributed by atoms with Crippen molar-refractivity contribution >= 4 is 55.7 Å². The number of fused-ring (bicyclic) bond motifs is 10. The molecule has 2 aliphatic rings. The second-order valence-corrected chi connectivity index (χ2v) is 17.7. The Bertz CT molecular complexity index is 3150. The van der Waals surface area contributed by atoms with Crippen molar-refractivity contribution in [1.82, 2.24) is 0 Å². The van der Waals surface area contributed by atoms with Crippen molar-refractivity contribution in [2.24, 2.45) is 0 Å². The Morgan fingerprint density at radius 3 is 0.771 bits per heavy atom. The summed E-state index contributed by atoms with van der Waals surface area (Å²) in [6.45, 7) is 0. The molecule has 11 rings (SSSR count). The lowest BCUT2D eigenvalue weighted by Crippen LogP contribution is -2.66. The molecule has 0 radical (unpaired) electrons. The van der Waals surface area contributed by atoms with E-state index in [0.29, 0.717) is 44.9 Å². The van der Waals surface area contributed by atoms with Gasteiger partial charge in [-0.15, -0.1) is 0 Å². The molecule has 9 aromatic carbocycles. The van der Waals surface area contributed by atoms with E-state index < -0.39 is 57.0 Å². The van der Waals surface area contributed by atoms with Crippen molar-refractivity contribution in [2.75, 3.05) is 9.80 Å². The molecule has 0 saturated heterocycles. The van der Waals surface area contributed by atoms with Gasteiger partial charge in [0.05, 0.1) is 11.4 Å². The van der Waals surface area contributed by atoms with E-state index in [1.54, 1.807) is 107 Å². The summed E-state index contributed by atoms with van der Waals surface area (Å²) < 4.78 is 0. The molecule has 2 aliphatic carbocycles. The van der Waals surface area contributed by atoms with Crippen LogP contribution >= 0.6 is 0 Å². The van der Waals surface area contributed by atoms with Gasteiger partial charge in [-0.3, -0.25) is 0 Å². The van der Waals surface area contributed by atoms with Crippen LogP contribution in [-0.4, -0.2) is 85.2 Å². The van der Waals surface area contributed by atoms with E-state index in [0.717, 1.165) is 12.1 Å². The Labute approximate surface area is 398 Å². The highest BCUT2D eigenvalue weighted by molar-refractivity contribution is 6.13. The topological polar surface area (TPSA) is 249 Å². The van der Waals surface area contributed by atoms with Gasteiger partial charge < -0.3 is 71.1 Å². The number of anilines is 6. The minimum absolute atomic E-state index is 0.0742. The summed E-state index contributed by atoms with van der Waals surface area (Å²) in [5.74, 6) is -17.0. The minimum Gasteiger partial charge on any atom is -0.342 e. The molecule has 14 nitrogen and oxygen atoms in total. The SMILES string of the molecule is OC(O)(O)C1(C(O)(O)O)c2cc3c(cc2-c2c1cc(N(c1ccccc1)c1ccccc1)c1ccccc21)C(C(O)(O)O)(C(O)(O)O)c1cc(N(c2ccccc2)c2ccccc2)c2ccccc2c1-3. The van der Waals surface area contributed by atoms with Crippen LogP contribution < -0.4 is 9.80 Å². The molecule has 70 heavy (non-hydrogen) atoms. The molecule has 0 fully saturated rings. The molecule has 0 spiro atoms.